The third kappa shape index (κ3) is 3.05. The van der Waals surface area contributed by atoms with E-state index in [-0.39, 0.29) is 11.8 Å². The average molecular weight is 320 g/mol. The molecule has 3 rings (SSSR count). The van der Waals surface area contributed by atoms with Crippen molar-refractivity contribution in [2.45, 2.75) is 39.5 Å². The number of nitrogens with zero attached hydrogens (tertiary/aromatic N) is 2. The molecule has 0 saturated carbocycles. The lowest BCUT2D eigenvalue weighted by molar-refractivity contribution is -0.128. The topological polar surface area (TPSA) is 40.6 Å². The van der Waals surface area contributed by atoms with E-state index in [0.29, 0.717) is 13.1 Å². The SMILES string of the molecule is CC(=O)N1CCCN(C(=O)c2csc3c2CC[C@@H](C)C3)CC1. The van der Waals surface area contributed by atoms with Gasteiger partial charge in [0.25, 0.3) is 5.91 Å². The molecule has 1 saturated heterocycles. The molecule has 22 heavy (non-hydrogen) atoms. The number of carbonyl (C=O) groups excluding carboxylic acids is 2. The summed E-state index contributed by atoms with van der Waals surface area (Å²) in [6, 6.07) is 0. The first-order valence-corrected chi connectivity index (χ1v) is 9.08. The van der Waals surface area contributed by atoms with Gasteiger partial charge in [-0.05, 0) is 37.2 Å². The second-order valence-electron chi connectivity index (χ2n) is 6.55. The fourth-order valence-corrected chi connectivity index (χ4v) is 4.70. The van der Waals surface area contributed by atoms with Gasteiger partial charge in [0.2, 0.25) is 5.91 Å². The molecule has 4 nitrogen and oxygen atoms in total. The van der Waals surface area contributed by atoms with Crippen LogP contribution >= 0.6 is 11.3 Å². The van der Waals surface area contributed by atoms with Crippen LogP contribution in [0.15, 0.2) is 5.38 Å². The standard InChI is InChI=1S/C17H24N2O2S/c1-12-4-5-14-15(11-22-16(14)10-12)17(21)19-7-3-6-18(8-9-19)13(2)20/h11-12H,3-10H2,1-2H3/t12-/m1/s1. The third-order valence-electron chi connectivity index (χ3n) is 4.86. The number of thiophene rings is 1. The van der Waals surface area contributed by atoms with Gasteiger partial charge >= 0.3 is 0 Å². The zero-order valence-corrected chi connectivity index (χ0v) is 14.2. The molecule has 1 fully saturated rings. The lowest BCUT2D eigenvalue weighted by Gasteiger charge is -2.23. The van der Waals surface area contributed by atoms with Crippen LogP contribution in [0.5, 0.6) is 0 Å². The predicted octanol–water partition coefficient (Wildman–Crippen LogP) is 2.57. The van der Waals surface area contributed by atoms with Crippen molar-refractivity contribution in [1.29, 1.82) is 0 Å². The normalized spacial score (nSPS) is 22.2. The second kappa shape index (κ2) is 6.41. The van der Waals surface area contributed by atoms with E-state index in [1.807, 2.05) is 9.80 Å². The second-order valence-corrected chi connectivity index (χ2v) is 7.52. The Kier molecular flexibility index (Phi) is 4.52. The summed E-state index contributed by atoms with van der Waals surface area (Å²) in [5.74, 6) is 1.00. The van der Waals surface area contributed by atoms with E-state index in [1.54, 1.807) is 18.3 Å². The molecule has 1 aliphatic carbocycles. The van der Waals surface area contributed by atoms with Crippen molar-refractivity contribution in [2.24, 2.45) is 5.92 Å². The van der Waals surface area contributed by atoms with Crippen molar-refractivity contribution in [3.63, 3.8) is 0 Å². The minimum Gasteiger partial charge on any atom is -0.341 e. The quantitative estimate of drug-likeness (QED) is 0.798. The van der Waals surface area contributed by atoms with E-state index in [0.717, 1.165) is 43.8 Å². The molecule has 1 aromatic heterocycles. The number of carbonyl (C=O) groups is 2. The summed E-state index contributed by atoms with van der Waals surface area (Å²) in [5, 5.41) is 2.05. The van der Waals surface area contributed by atoms with Gasteiger partial charge in [-0.15, -0.1) is 11.3 Å². The Morgan fingerprint density at radius 3 is 2.68 bits per heavy atom. The number of amides is 2. The van der Waals surface area contributed by atoms with Gasteiger partial charge < -0.3 is 9.80 Å². The van der Waals surface area contributed by atoms with E-state index < -0.39 is 0 Å². The smallest absolute Gasteiger partial charge is 0.255 e. The van der Waals surface area contributed by atoms with Crippen molar-refractivity contribution in [1.82, 2.24) is 9.80 Å². The van der Waals surface area contributed by atoms with Gasteiger partial charge in [-0.3, -0.25) is 9.59 Å². The van der Waals surface area contributed by atoms with E-state index in [1.165, 1.54) is 16.9 Å². The Morgan fingerprint density at radius 1 is 1.18 bits per heavy atom. The number of rotatable bonds is 1. The largest absolute Gasteiger partial charge is 0.341 e. The lowest BCUT2D eigenvalue weighted by atomic mass is 9.88. The first-order valence-electron chi connectivity index (χ1n) is 8.20. The third-order valence-corrected chi connectivity index (χ3v) is 5.91. The van der Waals surface area contributed by atoms with Crippen LogP contribution in [-0.2, 0) is 17.6 Å². The van der Waals surface area contributed by atoms with E-state index in [9.17, 15) is 9.59 Å². The number of hydrogen-bond donors (Lipinski definition) is 0. The highest BCUT2D eigenvalue weighted by atomic mass is 32.1. The van der Waals surface area contributed by atoms with E-state index >= 15 is 0 Å². The molecule has 0 spiro atoms. The zero-order valence-electron chi connectivity index (χ0n) is 13.4. The molecule has 1 aliphatic heterocycles. The van der Waals surface area contributed by atoms with Crippen LogP contribution in [0.3, 0.4) is 0 Å². The first kappa shape index (κ1) is 15.5. The fourth-order valence-electron chi connectivity index (χ4n) is 3.46. The minimum atomic E-state index is 0.108. The van der Waals surface area contributed by atoms with Crippen molar-refractivity contribution >= 4 is 23.2 Å². The predicted molar refractivity (Wildman–Crippen MR) is 88.3 cm³/mol. The number of hydrogen-bond acceptors (Lipinski definition) is 3. The van der Waals surface area contributed by atoms with Gasteiger partial charge in [-0.25, -0.2) is 0 Å². The van der Waals surface area contributed by atoms with Crippen molar-refractivity contribution < 1.29 is 9.59 Å². The molecule has 120 valence electrons. The first-order chi connectivity index (χ1) is 10.6. The molecule has 5 heteroatoms. The molecular formula is C17H24N2O2S. The highest BCUT2D eigenvalue weighted by molar-refractivity contribution is 7.10. The Hall–Kier alpha value is -1.36. The zero-order chi connectivity index (χ0) is 15.7. The molecule has 2 amide bonds. The maximum atomic E-state index is 12.9. The van der Waals surface area contributed by atoms with Crippen LogP contribution in [0.1, 0.15) is 47.5 Å². The van der Waals surface area contributed by atoms with Gasteiger partial charge in [-0.2, -0.15) is 0 Å². The molecular weight excluding hydrogens is 296 g/mol. The molecule has 2 aliphatic rings. The van der Waals surface area contributed by atoms with Crippen LogP contribution in [0.2, 0.25) is 0 Å². The van der Waals surface area contributed by atoms with Crippen molar-refractivity contribution in [3.05, 3.63) is 21.4 Å². The van der Waals surface area contributed by atoms with E-state index in [4.69, 9.17) is 0 Å². The van der Waals surface area contributed by atoms with Crippen LogP contribution in [0.25, 0.3) is 0 Å². The molecule has 0 bridgehead atoms. The summed E-state index contributed by atoms with van der Waals surface area (Å²) >= 11 is 1.75. The Morgan fingerprint density at radius 2 is 1.91 bits per heavy atom. The van der Waals surface area contributed by atoms with Crippen LogP contribution in [0, 0.1) is 5.92 Å². The summed E-state index contributed by atoms with van der Waals surface area (Å²) in [7, 11) is 0. The molecule has 1 atom stereocenters. The molecule has 0 radical (unpaired) electrons. The monoisotopic (exact) mass is 320 g/mol. The van der Waals surface area contributed by atoms with Crippen LogP contribution in [0.4, 0.5) is 0 Å². The minimum absolute atomic E-state index is 0.108. The highest BCUT2D eigenvalue weighted by Gasteiger charge is 2.27. The summed E-state index contributed by atoms with van der Waals surface area (Å²) in [6.45, 7) is 6.72. The average Bonchev–Trinajstić information content (AvgIpc) is 2.74. The maximum Gasteiger partial charge on any atom is 0.255 e. The fraction of sp³-hybridized carbons (Fsp3) is 0.647. The Balaban J connectivity index is 1.73. The molecule has 0 N–H and O–H groups in total. The summed E-state index contributed by atoms with van der Waals surface area (Å²) in [6.07, 6.45) is 4.21. The van der Waals surface area contributed by atoms with Crippen LogP contribution in [-0.4, -0.2) is 47.8 Å². The summed E-state index contributed by atoms with van der Waals surface area (Å²) < 4.78 is 0. The van der Waals surface area contributed by atoms with Crippen molar-refractivity contribution in [3.8, 4) is 0 Å². The molecule has 0 aromatic carbocycles. The maximum absolute atomic E-state index is 12.9. The van der Waals surface area contributed by atoms with Gasteiger partial charge in [0.05, 0.1) is 5.56 Å². The molecule has 0 unspecified atom stereocenters. The van der Waals surface area contributed by atoms with Crippen LogP contribution < -0.4 is 0 Å². The van der Waals surface area contributed by atoms with Gasteiger partial charge in [0.1, 0.15) is 0 Å². The van der Waals surface area contributed by atoms with Gasteiger partial charge in [0, 0.05) is 43.4 Å². The Bertz CT molecular complexity index is 581. The summed E-state index contributed by atoms with van der Waals surface area (Å²) in [5.41, 5.74) is 2.21. The highest BCUT2D eigenvalue weighted by Crippen LogP contribution is 2.33. The van der Waals surface area contributed by atoms with Gasteiger partial charge in [-0.1, -0.05) is 6.92 Å². The van der Waals surface area contributed by atoms with Gasteiger partial charge in [0.15, 0.2) is 0 Å². The molecule has 2 heterocycles. The molecule has 1 aromatic rings. The lowest BCUT2D eigenvalue weighted by Crippen LogP contribution is -2.36. The summed E-state index contributed by atoms with van der Waals surface area (Å²) in [4.78, 5) is 29.6. The van der Waals surface area contributed by atoms with E-state index in [2.05, 4.69) is 12.3 Å². The Labute approximate surface area is 136 Å². The van der Waals surface area contributed by atoms with Crippen molar-refractivity contribution in [2.75, 3.05) is 26.2 Å². The number of fused-ring (bicyclic) bond motifs is 1.